The highest BCUT2D eigenvalue weighted by molar-refractivity contribution is 7.10. The zero-order chi connectivity index (χ0) is 18.6. The zero-order valence-electron chi connectivity index (χ0n) is 15.6. The van der Waals surface area contributed by atoms with Gasteiger partial charge in [0, 0.05) is 30.2 Å². The maximum atomic E-state index is 13.1. The second kappa shape index (κ2) is 7.97. The molecule has 2 aromatic carbocycles. The van der Waals surface area contributed by atoms with E-state index in [2.05, 4.69) is 59.7 Å². The Morgan fingerprint density at radius 2 is 1.96 bits per heavy atom. The number of rotatable bonds is 5. The average molecular weight is 377 g/mol. The van der Waals surface area contributed by atoms with Crippen LogP contribution in [0, 0.1) is 6.92 Å². The fourth-order valence-corrected chi connectivity index (χ4v) is 4.48. The predicted molar refractivity (Wildman–Crippen MR) is 112 cm³/mol. The Hall–Kier alpha value is -2.59. The third kappa shape index (κ3) is 4.22. The Morgan fingerprint density at radius 1 is 1.11 bits per heavy atom. The first-order valence-electron chi connectivity index (χ1n) is 9.37. The van der Waals surface area contributed by atoms with Crippen LogP contribution in [-0.2, 0) is 24.3 Å². The van der Waals surface area contributed by atoms with E-state index in [1.165, 1.54) is 21.6 Å². The van der Waals surface area contributed by atoms with E-state index < -0.39 is 0 Å². The average Bonchev–Trinajstić information content (AvgIpc) is 3.16. The summed E-state index contributed by atoms with van der Waals surface area (Å²) in [4.78, 5) is 18.7. The molecule has 0 saturated heterocycles. The molecule has 3 aromatic rings. The summed E-state index contributed by atoms with van der Waals surface area (Å²) in [6.07, 6.45) is 0.974. The van der Waals surface area contributed by atoms with Crippen LogP contribution in [0.2, 0.25) is 0 Å². The monoisotopic (exact) mass is 376 g/mol. The van der Waals surface area contributed by atoms with Gasteiger partial charge < -0.3 is 9.80 Å². The van der Waals surface area contributed by atoms with Crippen LogP contribution >= 0.6 is 11.3 Å². The van der Waals surface area contributed by atoms with E-state index in [0.717, 1.165) is 31.7 Å². The fourth-order valence-electron chi connectivity index (χ4n) is 3.59. The Balaban J connectivity index is 1.53. The summed E-state index contributed by atoms with van der Waals surface area (Å²) >= 11 is 1.80. The summed E-state index contributed by atoms with van der Waals surface area (Å²) < 4.78 is 0. The van der Waals surface area contributed by atoms with E-state index in [-0.39, 0.29) is 5.91 Å². The van der Waals surface area contributed by atoms with Crippen molar-refractivity contribution in [2.75, 3.05) is 18.0 Å². The number of hydrogen-bond acceptors (Lipinski definition) is 3. The van der Waals surface area contributed by atoms with E-state index in [1.54, 1.807) is 11.3 Å². The van der Waals surface area contributed by atoms with Crippen LogP contribution < -0.4 is 4.90 Å². The molecule has 1 amide bonds. The summed E-state index contributed by atoms with van der Waals surface area (Å²) in [5.41, 5.74) is 4.83. The Kier molecular flexibility index (Phi) is 5.26. The molecule has 1 aromatic heterocycles. The van der Waals surface area contributed by atoms with Crippen molar-refractivity contribution in [1.29, 1.82) is 0 Å². The van der Waals surface area contributed by atoms with Crippen LogP contribution in [-0.4, -0.2) is 23.9 Å². The van der Waals surface area contributed by atoms with E-state index in [1.807, 2.05) is 23.1 Å². The molecular weight excluding hydrogens is 352 g/mol. The Morgan fingerprint density at radius 3 is 2.78 bits per heavy atom. The van der Waals surface area contributed by atoms with Crippen LogP contribution in [0.25, 0.3) is 0 Å². The minimum atomic E-state index is 0.198. The maximum absolute atomic E-state index is 13.1. The van der Waals surface area contributed by atoms with Crippen molar-refractivity contribution < 1.29 is 4.79 Å². The number of amides is 1. The topological polar surface area (TPSA) is 23.6 Å². The van der Waals surface area contributed by atoms with Gasteiger partial charge in [0.25, 0.3) is 0 Å². The first-order valence-corrected chi connectivity index (χ1v) is 10.3. The zero-order valence-corrected chi connectivity index (χ0v) is 16.4. The molecule has 3 nitrogen and oxygen atoms in total. The van der Waals surface area contributed by atoms with Gasteiger partial charge in [-0.15, -0.1) is 11.3 Å². The lowest BCUT2D eigenvalue weighted by Crippen LogP contribution is -2.42. The minimum absolute atomic E-state index is 0.198. The van der Waals surface area contributed by atoms with Crippen molar-refractivity contribution in [2.24, 2.45) is 0 Å². The number of thiophene rings is 1. The number of benzene rings is 2. The second-order valence-corrected chi connectivity index (χ2v) is 8.12. The lowest BCUT2D eigenvalue weighted by Gasteiger charge is -2.31. The number of fused-ring (bicyclic) bond motifs is 1. The molecular formula is C23H24N2OS. The van der Waals surface area contributed by atoms with Crippen molar-refractivity contribution in [3.63, 3.8) is 0 Å². The van der Waals surface area contributed by atoms with Crippen LogP contribution in [0.15, 0.2) is 66.0 Å². The van der Waals surface area contributed by atoms with Gasteiger partial charge in [-0.3, -0.25) is 4.79 Å². The molecule has 4 rings (SSSR count). The minimum Gasteiger partial charge on any atom is -0.358 e. The molecule has 1 aliphatic heterocycles. The molecule has 1 aliphatic rings. The second-order valence-electron chi connectivity index (χ2n) is 7.11. The van der Waals surface area contributed by atoms with Crippen molar-refractivity contribution in [2.45, 2.75) is 26.4 Å². The number of carbonyl (C=O) groups is 1. The van der Waals surface area contributed by atoms with E-state index in [4.69, 9.17) is 0 Å². The van der Waals surface area contributed by atoms with E-state index in [0.29, 0.717) is 6.54 Å². The number of anilines is 1. The summed E-state index contributed by atoms with van der Waals surface area (Å²) in [5, 5.41) is 2.13. The SMILES string of the molecule is Cc1cccc(N(CC(=O)N2CCc3sccc3C2)Cc2ccccc2)c1. The van der Waals surface area contributed by atoms with Gasteiger partial charge >= 0.3 is 0 Å². The van der Waals surface area contributed by atoms with Gasteiger partial charge in [0.1, 0.15) is 0 Å². The van der Waals surface area contributed by atoms with Crippen LogP contribution in [0.3, 0.4) is 0 Å². The van der Waals surface area contributed by atoms with Crippen molar-refractivity contribution >= 4 is 22.9 Å². The standard InChI is InChI=1S/C23H24N2OS/c1-18-6-5-9-21(14-18)25(15-19-7-3-2-4-8-19)17-23(26)24-12-10-22-20(16-24)11-13-27-22/h2-9,11,13-14H,10,12,15-17H2,1H3. The third-order valence-electron chi connectivity index (χ3n) is 5.07. The Labute approximate surface area is 164 Å². The molecule has 27 heavy (non-hydrogen) atoms. The lowest BCUT2D eigenvalue weighted by atomic mass is 10.1. The molecule has 2 heterocycles. The predicted octanol–water partition coefficient (Wildman–Crippen LogP) is 4.65. The summed E-state index contributed by atoms with van der Waals surface area (Å²) in [6.45, 7) is 4.78. The van der Waals surface area contributed by atoms with Gasteiger partial charge in [-0.25, -0.2) is 0 Å². The number of hydrogen-bond donors (Lipinski definition) is 0. The summed E-state index contributed by atoms with van der Waals surface area (Å²) in [6, 6.07) is 20.9. The van der Waals surface area contributed by atoms with E-state index >= 15 is 0 Å². The molecule has 0 bridgehead atoms. The molecule has 0 N–H and O–H groups in total. The molecule has 0 spiro atoms. The van der Waals surface area contributed by atoms with Crippen LogP contribution in [0.4, 0.5) is 5.69 Å². The van der Waals surface area contributed by atoms with Crippen LogP contribution in [0.5, 0.6) is 0 Å². The van der Waals surface area contributed by atoms with Crippen molar-refractivity contribution in [3.05, 3.63) is 87.6 Å². The molecule has 4 heteroatoms. The quantitative estimate of drug-likeness (QED) is 0.647. The number of nitrogens with zero attached hydrogens (tertiary/aromatic N) is 2. The molecule has 0 fully saturated rings. The maximum Gasteiger partial charge on any atom is 0.242 e. The molecule has 0 aliphatic carbocycles. The van der Waals surface area contributed by atoms with Gasteiger partial charge in [0.15, 0.2) is 0 Å². The number of aryl methyl sites for hydroxylation is 1. The van der Waals surface area contributed by atoms with Crippen molar-refractivity contribution in [3.8, 4) is 0 Å². The largest absolute Gasteiger partial charge is 0.358 e. The molecule has 0 saturated carbocycles. The van der Waals surface area contributed by atoms with Gasteiger partial charge in [-0.05, 0) is 53.6 Å². The summed E-state index contributed by atoms with van der Waals surface area (Å²) in [5.74, 6) is 0.198. The van der Waals surface area contributed by atoms with Gasteiger partial charge in [-0.2, -0.15) is 0 Å². The first kappa shape index (κ1) is 17.8. The van der Waals surface area contributed by atoms with Crippen LogP contribution in [0.1, 0.15) is 21.6 Å². The molecule has 138 valence electrons. The van der Waals surface area contributed by atoms with E-state index in [9.17, 15) is 4.79 Å². The smallest absolute Gasteiger partial charge is 0.242 e. The van der Waals surface area contributed by atoms with Gasteiger partial charge in [0.05, 0.1) is 6.54 Å². The Bertz CT molecular complexity index is 919. The van der Waals surface area contributed by atoms with Gasteiger partial charge in [0.2, 0.25) is 5.91 Å². The van der Waals surface area contributed by atoms with Gasteiger partial charge in [-0.1, -0.05) is 42.5 Å². The third-order valence-corrected chi connectivity index (χ3v) is 6.09. The molecule has 0 radical (unpaired) electrons. The normalized spacial score (nSPS) is 13.3. The highest BCUT2D eigenvalue weighted by atomic mass is 32.1. The highest BCUT2D eigenvalue weighted by Gasteiger charge is 2.23. The molecule has 0 atom stereocenters. The lowest BCUT2D eigenvalue weighted by molar-refractivity contribution is -0.130. The summed E-state index contributed by atoms with van der Waals surface area (Å²) in [7, 11) is 0. The highest BCUT2D eigenvalue weighted by Crippen LogP contribution is 2.25. The fraction of sp³-hybridized carbons (Fsp3) is 0.261. The van der Waals surface area contributed by atoms with Crippen molar-refractivity contribution in [1.82, 2.24) is 4.90 Å². The number of carbonyl (C=O) groups excluding carboxylic acids is 1. The first-order chi connectivity index (χ1) is 13.2. The molecule has 0 unspecified atom stereocenters.